The van der Waals surface area contributed by atoms with Gasteiger partial charge in [-0.25, -0.2) is 0 Å². The first kappa shape index (κ1) is 16.9. The average molecular weight is 363 g/mol. The van der Waals surface area contributed by atoms with E-state index in [9.17, 15) is 4.79 Å². The van der Waals surface area contributed by atoms with Crippen LogP contribution in [0.3, 0.4) is 0 Å². The molecule has 2 heterocycles. The van der Waals surface area contributed by atoms with E-state index in [-0.39, 0.29) is 5.91 Å². The summed E-state index contributed by atoms with van der Waals surface area (Å²) >= 11 is 1.49. The number of aryl methyl sites for hydroxylation is 1. The molecule has 0 spiro atoms. The molecule has 0 atom stereocenters. The van der Waals surface area contributed by atoms with Crippen LogP contribution in [0.25, 0.3) is 6.08 Å². The van der Waals surface area contributed by atoms with E-state index in [0.717, 1.165) is 36.9 Å². The number of hydrogen-bond donors (Lipinski definition) is 0. The third-order valence-electron chi connectivity index (χ3n) is 4.66. The largest absolute Gasteiger partial charge is 0.368 e. The van der Waals surface area contributed by atoms with Crippen LogP contribution in [0.2, 0.25) is 0 Å². The number of piperazine rings is 1. The van der Waals surface area contributed by atoms with Crippen LogP contribution >= 0.6 is 11.8 Å². The van der Waals surface area contributed by atoms with Gasteiger partial charge < -0.3 is 9.80 Å². The molecule has 0 saturated carbocycles. The molecule has 4 rings (SSSR count). The molecular formula is C21H21N3OS. The molecule has 26 heavy (non-hydrogen) atoms. The van der Waals surface area contributed by atoms with Gasteiger partial charge in [0.2, 0.25) is 0 Å². The van der Waals surface area contributed by atoms with Gasteiger partial charge >= 0.3 is 0 Å². The highest BCUT2D eigenvalue weighted by Gasteiger charge is 2.28. The Balaban J connectivity index is 1.40. The van der Waals surface area contributed by atoms with Gasteiger partial charge in [0.25, 0.3) is 5.91 Å². The van der Waals surface area contributed by atoms with Crippen LogP contribution in [0.1, 0.15) is 11.1 Å². The van der Waals surface area contributed by atoms with E-state index < -0.39 is 0 Å². The summed E-state index contributed by atoms with van der Waals surface area (Å²) in [5, 5.41) is 0.834. The SMILES string of the molecule is Cc1ccc(C=C2SC(N3CCN(c4ccccc4)CC3)=NC2=O)cc1. The number of rotatable bonds is 2. The Morgan fingerprint density at radius 3 is 2.27 bits per heavy atom. The maximum atomic E-state index is 12.3. The molecule has 2 aromatic carbocycles. The number of thioether (sulfide) groups is 1. The van der Waals surface area contributed by atoms with Crippen molar-refractivity contribution in [2.45, 2.75) is 6.92 Å². The Hall–Kier alpha value is -2.53. The van der Waals surface area contributed by atoms with Crippen molar-refractivity contribution in [1.29, 1.82) is 0 Å². The third kappa shape index (κ3) is 3.68. The van der Waals surface area contributed by atoms with Gasteiger partial charge in [0.05, 0.1) is 4.91 Å². The van der Waals surface area contributed by atoms with E-state index in [1.807, 2.05) is 24.3 Å². The van der Waals surface area contributed by atoms with Crippen LogP contribution in [-0.2, 0) is 4.79 Å². The van der Waals surface area contributed by atoms with Crippen molar-refractivity contribution in [1.82, 2.24) is 4.90 Å². The molecule has 0 unspecified atom stereocenters. The lowest BCUT2D eigenvalue weighted by Crippen LogP contribution is -2.47. The first-order valence-corrected chi connectivity index (χ1v) is 9.65. The second kappa shape index (κ2) is 7.38. The number of amides is 1. The van der Waals surface area contributed by atoms with Crippen molar-refractivity contribution in [2.75, 3.05) is 31.1 Å². The van der Waals surface area contributed by atoms with Crippen LogP contribution in [-0.4, -0.2) is 42.2 Å². The molecule has 5 heteroatoms. The van der Waals surface area contributed by atoms with Gasteiger partial charge in [-0.2, -0.15) is 4.99 Å². The highest BCUT2D eigenvalue weighted by atomic mass is 32.2. The maximum Gasteiger partial charge on any atom is 0.286 e. The number of anilines is 1. The zero-order chi connectivity index (χ0) is 17.9. The zero-order valence-electron chi connectivity index (χ0n) is 14.8. The number of amidine groups is 1. The lowest BCUT2D eigenvalue weighted by molar-refractivity contribution is -0.113. The summed E-state index contributed by atoms with van der Waals surface area (Å²) in [6, 6.07) is 18.6. The fraction of sp³-hybridized carbons (Fsp3) is 0.238. The molecule has 0 aliphatic carbocycles. The van der Waals surface area contributed by atoms with Gasteiger partial charge in [0, 0.05) is 31.9 Å². The molecule has 1 fully saturated rings. The van der Waals surface area contributed by atoms with E-state index in [4.69, 9.17) is 0 Å². The van der Waals surface area contributed by atoms with Gasteiger partial charge in [0.15, 0.2) is 5.17 Å². The minimum Gasteiger partial charge on any atom is -0.368 e. The maximum absolute atomic E-state index is 12.3. The van der Waals surface area contributed by atoms with Crippen LogP contribution in [0.4, 0.5) is 5.69 Å². The highest BCUT2D eigenvalue weighted by molar-refractivity contribution is 8.18. The molecular weight excluding hydrogens is 342 g/mol. The first-order valence-electron chi connectivity index (χ1n) is 8.83. The predicted molar refractivity (Wildman–Crippen MR) is 109 cm³/mol. The third-order valence-corrected chi connectivity index (χ3v) is 5.70. The number of hydrogen-bond acceptors (Lipinski definition) is 4. The van der Waals surface area contributed by atoms with Gasteiger partial charge in [-0.3, -0.25) is 4.79 Å². The molecule has 1 amide bonds. The van der Waals surface area contributed by atoms with E-state index in [0.29, 0.717) is 4.91 Å². The van der Waals surface area contributed by atoms with Crippen molar-refractivity contribution in [3.63, 3.8) is 0 Å². The zero-order valence-corrected chi connectivity index (χ0v) is 15.6. The Kier molecular flexibility index (Phi) is 4.80. The van der Waals surface area contributed by atoms with Gasteiger partial charge in [-0.05, 0) is 42.5 Å². The molecule has 4 nitrogen and oxygen atoms in total. The average Bonchev–Trinajstić information content (AvgIpc) is 3.05. The Morgan fingerprint density at radius 1 is 0.923 bits per heavy atom. The van der Waals surface area contributed by atoms with Crippen molar-refractivity contribution in [3.05, 3.63) is 70.6 Å². The fourth-order valence-electron chi connectivity index (χ4n) is 3.14. The summed E-state index contributed by atoms with van der Waals surface area (Å²) in [5.41, 5.74) is 3.51. The highest BCUT2D eigenvalue weighted by Crippen LogP contribution is 2.31. The standard InChI is InChI=1S/C21H21N3OS/c1-16-7-9-17(10-8-16)15-19-20(25)22-21(26-19)24-13-11-23(12-14-24)18-5-3-2-4-6-18/h2-10,15H,11-14H2,1H3. The fourth-order valence-corrected chi connectivity index (χ4v) is 4.11. The smallest absolute Gasteiger partial charge is 0.286 e. The minimum absolute atomic E-state index is 0.129. The van der Waals surface area contributed by atoms with Crippen LogP contribution in [0.5, 0.6) is 0 Å². The summed E-state index contributed by atoms with van der Waals surface area (Å²) in [4.78, 5) is 21.9. The number of nitrogens with zero attached hydrogens (tertiary/aromatic N) is 3. The van der Waals surface area contributed by atoms with Crippen LogP contribution < -0.4 is 4.90 Å². The number of carbonyl (C=O) groups excluding carboxylic acids is 1. The molecule has 0 radical (unpaired) electrons. The van der Waals surface area contributed by atoms with Crippen molar-refractivity contribution in [3.8, 4) is 0 Å². The molecule has 2 aliphatic rings. The molecule has 2 aliphatic heterocycles. The van der Waals surface area contributed by atoms with Gasteiger partial charge in [0.1, 0.15) is 0 Å². The van der Waals surface area contributed by atoms with Gasteiger partial charge in [-0.15, -0.1) is 0 Å². The van der Waals surface area contributed by atoms with E-state index in [2.05, 4.69) is 58.1 Å². The van der Waals surface area contributed by atoms with Crippen molar-refractivity contribution < 1.29 is 4.79 Å². The topological polar surface area (TPSA) is 35.9 Å². The molecule has 0 aromatic heterocycles. The van der Waals surface area contributed by atoms with Crippen molar-refractivity contribution in [2.24, 2.45) is 4.99 Å². The summed E-state index contributed by atoms with van der Waals surface area (Å²) in [5.74, 6) is -0.129. The summed E-state index contributed by atoms with van der Waals surface area (Å²) in [6.45, 7) is 5.70. The van der Waals surface area contributed by atoms with Crippen LogP contribution in [0, 0.1) is 6.92 Å². The monoisotopic (exact) mass is 363 g/mol. The second-order valence-electron chi connectivity index (χ2n) is 6.53. The quantitative estimate of drug-likeness (QED) is 0.761. The predicted octanol–water partition coefficient (Wildman–Crippen LogP) is 3.79. The lowest BCUT2D eigenvalue weighted by Gasteiger charge is -2.36. The van der Waals surface area contributed by atoms with E-state index in [1.54, 1.807) is 0 Å². The normalized spacial score (nSPS) is 19.2. The number of aliphatic imine (C=N–C) groups is 1. The first-order chi connectivity index (χ1) is 12.7. The Labute approximate surface area is 158 Å². The molecule has 0 N–H and O–H groups in total. The van der Waals surface area contributed by atoms with E-state index in [1.165, 1.54) is 23.0 Å². The van der Waals surface area contributed by atoms with Gasteiger partial charge in [-0.1, -0.05) is 48.0 Å². The van der Waals surface area contributed by atoms with E-state index >= 15 is 0 Å². The summed E-state index contributed by atoms with van der Waals surface area (Å²) in [6.07, 6.45) is 1.93. The molecule has 1 saturated heterocycles. The number of para-hydroxylation sites is 1. The molecule has 132 valence electrons. The Morgan fingerprint density at radius 2 is 1.58 bits per heavy atom. The Bertz CT molecular complexity index is 851. The van der Waals surface area contributed by atoms with Crippen LogP contribution in [0.15, 0.2) is 64.5 Å². The second-order valence-corrected chi connectivity index (χ2v) is 7.54. The number of carbonyl (C=O) groups is 1. The minimum atomic E-state index is -0.129. The lowest BCUT2D eigenvalue weighted by atomic mass is 10.1. The summed E-state index contributed by atoms with van der Waals surface area (Å²) in [7, 11) is 0. The molecule has 0 bridgehead atoms. The summed E-state index contributed by atoms with van der Waals surface area (Å²) < 4.78 is 0. The number of benzene rings is 2. The van der Waals surface area contributed by atoms with Crippen molar-refractivity contribution >= 4 is 34.6 Å². The molecule has 2 aromatic rings.